The van der Waals surface area contributed by atoms with Crippen molar-refractivity contribution < 1.29 is 28.6 Å². The Bertz CT molecular complexity index is 1150. The van der Waals surface area contributed by atoms with E-state index in [0.717, 1.165) is 6.42 Å². The highest BCUT2D eigenvalue weighted by atomic mass is 16.5. The van der Waals surface area contributed by atoms with Crippen LogP contribution < -0.4 is 9.47 Å². The number of ketones is 1. The number of aromatic amines is 1. The summed E-state index contributed by atoms with van der Waals surface area (Å²) in [6.45, 7) is 2.10. The third-order valence-electron chi connectivity index (χ3n) is 6.52. The Morgan fingerprint density at radius 2 is 1.90 bits per heavy atom. The molecule has 1 saturated carbocycles. The first-order valence-electron chi connectivity index (χ1n) is 10.1. The molecule has 8 heteroatoms. The highest BCUT2D eigenvalue weighted by Gasteiger charge is 2.68. The fraction of sp³-hybridized carbons (Fsp3) is 0.348. The minimum atomic E-state index is -0.493. The molecule has 2 aromatic rings. The van der Waals surface area contributed by atoms with Crippen molar-refractivity contribution in [1.82, 2.24) is 9.88 Å². The Hall–Kier alpha value is -3.55. The van der Waals surface area contributed by atoms with Gasteiger partial charge in [0, 0.05) is 35.0 Å². The Morgan fingerprint density at radius 1 is 1.19 bits per heavy atom. The predicted octanol–water partition coefficient (Wildman–Crippen LogP) is 2.38. The van der Waals surface area contributed by atoms with Crippen molar-refractivity contribution in [1.29, 1.82) is 0 Å². The molecule has 8 nitrogen and oxygen atoms in total. The van der Waals surface area contributed by atoms with Gasteiger partial charge in [-0.2, -0.15) is 0 Å². The molecule has 1 spiro atoms. The quantitative estimate of drug-likeness (QED) is 0.743. The number of ether oxygens (including phenoxy) is 3. The number of carbonyl (C=O) groups excluding carboxylic acids is 3. The van der Waals surface area contributed by atoms with Crippen LogP contribution in [0.4, 0.5) is 0 Å². The number of benzene rings is 1. The van der Waals surface area contributed by atoms with Crippen LogP contribution in [-0.4, -0.2) is 54.9 Å². The van der Waals surface area contributed by atoms with Gasteiger partial charge in [-0.3, -0.25) is 9.59 Å². The smallest absolute Gasteiger partial charge is 0.340 e. The van der Waals surface area contributed by atoms with Gasteiger partial charge in [0.05, 0.1) is 25.5 Å². The summed E-state index contributed by atoms with van der Waals surface area (Å²) in [7, 11) is 2.90. The molecule has 1 saturated heterocycles. The average Bonchev–Trinajstić information content (AvgIpc) is 3.22. The molecule has 1 amide bonds. The highest BCUT2D eigenvalue weighted by molar-refractivity contribution is 6.11. The van der Waals surface area contributed by atoms with E-state index in [-0.39, 0.29) is 24.2 Å². The van der Waals surface area contributed by atoms with E-state index >= 15 is 0 Å². The van der Waals surface area contributed by atoms with Crippen LogP contribution in [-0.2, 0) is 14.9 Å². The van der Waals surface area contributed by atoms with Crippen LogP contribution in [0.3, 0.4) is 0 Å². The van der Waals surface area contributed by atoms with Gasteiger partial charge in [-0.25, -0.2) is 4.79 Å². The molecule has 2 atom stereocenters. The third-order valence-corrected chi connectivity index (χ3v) is 6.52. The van der Waals surface area contributed by atoms with Gasteiger partial charge in [0.1, 0.15) is 11.5 Å². The Balaban J connectivity index is 1.41. The van der Waals surface area contributed by atoms with E-state index in [2.05, 4.69) is 4.98 Å². The number of H-pyrrole nitrogens is 1. The fourth-order valence-corrected chi connectivity index (χ4v) is 5.00. The maximum Gasteiger partial charge on any atom is 0.340 e. The molecule has 1 aromatic carbocycles. The second-order valence-corrected chi connectivity index (χ2v) is 8.10. The molecule has 1 aromatic heterocycles. The second kappa shape index (κ2) is 6.73. The number of allylic oxidation sites excluding steroid dienone is 2. The molecule has 3 aliphatic rings. The Morgan fingerprint density at radius 3 is 2.58 bits per heavy atom. The lowest BCUT2D eigenvalue weighted by molar-refractivity contribution is -0.131. The van der Waals surface area contributed by atoms with Crippen molar-refractivity contribution in [3.63, 3.8) is 0 Å². The van der Waals surface area contributed by atoms with Crippen LogP contribution in [0.1, 0.15) is 38.5 Å². The summed E-state index contributed by atoms with van der Waals surface area (Å²) in [5.41, 5.74) is 2.27. The summed E-state index contributed by atoms with van der Waals surface area (Å²) < 4.78 is 15.7. The SMILES string of the molecule is COC(=O)c1c(C)[nH]c2c1C13CC1CN(C(=O)COc1ccc(OC)cc1)C3=CC2=O. The summed E-state index contributed by atoms with van der Waals surface area (Å²) in [4.78, 5) is 43.0. The maximum absolute atomic E-state index is 13.0. The highest BCUT2D eigenvalue weighted by Crippen LogP contribution is 2.67. The molecule has 2 aliphatic carbocycles. The van der Waals surface area contributed by atoms with Gasteiger partial charge in [0.15, 0.2) is 6.61 Å². The summed E-state index contributed by atoms with van der Waals surface area (Å²) in [6.07, 6.45) is 2.32. The van der Waals surface area contributed by atoms with Crippen LogP contribution in [0.25, 0.3) is 0 Å². The molecule has 2 fully saturated rings. The standard InChI is InChI=1S/C23H22N2O6/c1-12-19(22(28)30-3)20-21(24-12)16(26)8-17-23(20)9-13(23)10-25(17)18(27)11-31-15-6-4-14(29-2)5-7-15/h4-8,13,24H,9-11H2,1-3H3. The number of fused-ring (bicyclic) bond motifs is 1. The van der Waals surface area contributed by atoms with Crippen molar-refractivity contribution in [3.05, 3.63) is 58.6 Å². The van der Waals surface area contributed by atoms with E-state index in [9.17, 15) is 14.4 Å². The Labute approximate surface area is 178 Å². The number of esters is 1. The first-order valence-corrected chi connectivity index (χ1v) is 10.1. The van der Waals surface area contributed by atoms with Gasteiger partial charge < -0.3 is 24.1 Å². The molecule has 31 heavy (non-hydrogen) atoms. The number of rotatable bonds is 5. The van der Waals surface area contributed by atoms with Gasteiger partial charge in [-0.15, -0.1) is 0 Å². The molecule has 1 aliphatic heterocycles. The van der Waals surface area contributed by atoms with Crippen LogP contribution in [0.2, 0.25) is 0 Å². The summed E-state index contributed by atoms with van der Waals surface area (Å²) in [5, 5.41) is 0. The van der Waals surface area contributed by atoms with Crippen molar-refractivity contribution in [3.8, 4) is 11.5 Å². The van der Waals surface area contributed by atoms with Gasteiger partial charge in [-0.1, -0.05) is 0 Å². The molecule has 0 bridgehead atoms. The molecule has 160 valence electrons. The summed E-state index contributed by atoms with van der Waals surface area (Å²) >= 11 is 0. The van der Waals surface area contributed by atoms with Crippen molar-refractivity contribution in [2.24, 2.45) is 5.92 Å². The number of amides is 1. The van der Waals surface area contributed by atoms with Crippen LogP contribution in [0.5, 0.6) is 11.5 Å². The van der Waals surface area contributed by atoms with E-state index < -0.39 is 11.4 Å². The average molecular weight is 422 g/mol. The zero-order valence-electron chi connectivity index (χ0n) is 17.5. The van der Waals surface area contributed by atoms with Crippen LogP contribution in [0, 0.1) is 12.8 Å². The number of aromatic nitrogens is 1. The van der Waals surface area contributed by atoms with Crippen molar-refractivity contribution in [2.75, 3.05) is 27.4 Å². The summed E-state index contributed by atoms with van der Waals surface area (Å²) in [6, 6.07) is 6.98. The molecule has 2 heterocycles. The third kappa shape index (κ3) is 2.71. The lowest BCUT2D eigenvalue weighted by Gasteiger charge is -2.28. The molecule has 0 radical (unpaired) electrons. The lowest BCUT2D eigenvalue weighted by Crippen LogP contribution is -2.36. The summed E-state index contributed by atoms with van der Waals surface area (Å²) in [5.74, 6) is 0.474. The zero-order valence-corrected chi connectivity index (χ0v) is 17.5. The van der Waals surface area contributed by atoms with E-state index in [0.29, 0.717) is 46.3 Å². The van der Waals surface area contributed by atoms with E-state index in [1.807, 2.05) is 0 Å². The number of aryl methyl sites for hydroxylation is 1. The maximum atomic E-state index is 13.0. The Kier molecular flexibility index (Phi) is 4.22. The van der Waals surface area contributed by atoms with Gasteiger partial charge >= 0.3 is 5.97 Å². The van der Waals surface area contributed by atoms with Gasteiger partial charge in [0.2, 0.25) is 5.78 Å². The molecule has 5 rings (SSSR count). The normalized spacial score (nSPS) is 22.8. The molecule has 1 N–H and O–H groups in total. The predicted molar refractivity (Wildman–Crippen MR) is 109 cm³/mol. The fourth-order valence-electron chi connectivity index (χ4n) is 5.00. The number of methoxy groups -OCH3 is 2. The van der Waals surface area contributed by atoms with E-state index in [4.69, 9.17) is 14.2 Å². The topological polar surface area (TPSA) is 97.9 Å². The number of piperidine rings is 1. The number of carbonyl (C=O) groups is 3. The van der Waals surface area contributed by atoms with Crippen LogP contribution >= 0.6 is 0 Å². The molecule has 2 unspecified atom stereocenters. The number of hydrogen-bond acceptors (Lipinski definition) is 6. The van der Waals surface area contributed by atoms with Crippen molar-refractivity contribution >= 4 is 17.7 Å². The number of nitrogens with zero attached hydrogens (tertiary/aromatic N) is 1. The van der Waals surface area contributed by atoms with Crippen molar-refractivity contribution in [2.45, 2.75) is 18.8 Å². The first-order chi connectivity index (χ1) is 14.9. The molecular weight excluding hydrogens is 400 g/mol. The number of hydrogen-bond donors (Lipinski definition) is 1. The van der Waals surface area contributed by atoms with Gasteiger partial charge in [-0.05, 0) is 43.5 Å². The lowest BCUT2D eigenvalue weighted by atomic mass is 9.82. The first kappa shape index (κ1) is 19.4. The minimum absolute atomic E-state index is 0.149. The number of likely N-dealkylation sites (tertiary alicyclic amines) is 1. The van der Waals surface area contributed by atoms with Gasteiger partial charge in [0.25, 0.3) is 5.91 Å². The van der Waals surface area contributed by atoms with E-state index in [1.54, 1.807) is 43.2 Å². The number of nitrogens with one attached hydrogen (secondary N) is 1. The van der Waals surface area contributed by atoms with Crippen LogP contribution in [0.15, 0.2) is 36.0 Å². The molecular formula is C23H22N2O6. The van der Waals surface area contributed by atoms with E-state index in [1.165, 1.54) is 13.2 Å². The second-order valence-electron chi connectivity index (χ2n) is 8.10. The largest absolute Gasteiger partial charge is 0.497 e. The zero-order chi connectivity index (χ0) is 21.9. The minimum Gasteiger partial charge on any atom is -0.497 e. The monoisotopic (exact) mass is 422 g/mol.